The number of hydrogen-bond acceptors (Lipinski definition) is 2. The molecule has 60 valence electrons. The highest BCUT2D eigenvalue weighted by molar-refractivity contribution is 5.85. The van der Waals surface area contributed by atoms with Crippen molar-refractivity contribution in [2.75, 3.05) is 6.54 Å². The van der Waals surface area contributed by atoms with E-state index in [0.717, 1.165) is 19.4 Å². The molecule has 10 heavy (non-hydrogen) atoms. The quantitative estimate of drug-likeness (QED) is 0.662. The minimum absolute atomic E-state index is 0. The highest BCUT2D eigenvalue weighted by Crippen LogP contribution is 2.06. The molecule has 0 amide bonds. The standard InChI is InChI=1S/C7H13NO.ClH/c1-2-7(9)6-4-3-5-8-6;/h6,8H,2-5H2,1H3;1H/t6-;/m0./s1. The number of rotatable bonds is 2. The predicted molar refractivity (Wildman–Crippen MR) is 43.6 cm³/mol. The Labute approximate surface area is 67.8 Å². The van der Waals surface area contributed by atoms with E-state index in [4.69, 9.17) is 0 Å². The molecule has 0 bridgehead atoms. The summed E-state index contributed by atoms with van der Waals surface area (Å²) >= 11 is 0. The smallest absolute Gasteiger partial charge is 0.149 e. The largest absolute Gasteiger partial charge is 0.307 e. The number of ketones is 1. The lowest BCUT2D eigenvalue weighted by Crippen LogP contribution is -2.29. The van der Waals surface area contributed by atoms with Crippen LogP contribution in [0.15, 0.2) is 0 Å². The number of carbonyl (C=O) groups is 1. The monoisotopic (exact) mass is 163 g/mol. The molecule has 1 aliphatic heterocycles. The second-order valence-corrected chi connectivity index (χ2v) is 2.47. The Hall–Kier alpha value is -0.0800. The van der Waals surface area contributed by atoms with Crippen LogP contribution in [0.2, 0.25) is 0 Å². The van der Waals surface area contributed by atoms with Gasteiger partial charge in [-0.25, -0.2) is 0 Å². The molecule has 0 unspecified atom stereocenters. The Morgan fingerprint density at radius 2 is 2.40 bits per heavy atom. The van der Waals surface area contributed by atoms with Gasteiger partial charge in [0, 0.05) is 6.42 Å². The van der Waals surface area contributed by atoms with Gasteiger partial charge < -0.3 is 5.32 Å². The summed E-state index contributed by atoms with van der Waals surface area (Å²) in [5, 5.41) is 3.16. The fourth-order valence-corrected chi connectivity index (χ4v) is 1.21. The minimum atomic E-state index is 0. The zero-order chi connectivity index (χ0) is 6.69. The fraction of sp³-hybridized carbons (Fsp3) is 0.857. The summed E-state index contributed by atoms with van der Waals surface area (Å²) < 4.78 is 0. The van der Waals surface area contributed by atoms with E-state index in [2.05, 4.69) is 5.32 Å². The molecule has 3 heteroatoms. The Bertz CT molecular complexity index is 110. The van der Waals surface area contributed by atoms with Crippen molar-refractivity contribution in [2.24, 2.45) is 0 Å². The molecule has 1 N–H and O–H groups in total. The van der Waals surface area contributed by atoms with Crippen molar-refractivity contribution in [3.63, 3.8) is 0 Å². The third-order valence-electron chi connectivity index (χ3n) is 1.80. The first-order valence-corrected chi connectivity index (χ1v) is 3.60. The number of halogens is 1. The zero-order valence-corrected chi connectivity index (χ0v) is 7.04. The molecule has 1 rings (SSSR count). The number of carbonyl (C=O) groups excluding carboxylic acids is 1. The summed E-state index contributed by atoms with van der Waals surface area (Å²) in [6.45, 7) is 2.94. The van der Waals surface area contributed by atoms with Gasteiger partial charge in [-0.05, 0) is 19.4 Å². The number of Topliss-reactive ketones (excluding diaryl/α,β-unsaturated/α-hetero) is 1. The fourth-order valence-electron chi connectivity index (χ4n) is 1.21. The highest BCUT2D eigenvalue weighted by Gasteiger charge is 2.19. The lowest BCUT2D eigenvalue weighted by atomic mass is 10.1. The number of hydrogen-bond donors (Lipinski definition) is 1. The maximum absolute atomic E-state index is 11.0. The number of nitrogens with one attached hydrogen (secondary N) is 1. The molecule has 0 aromatic rings. The van der Waals surface area contributed by atoms with E-state index >= 15 is 0 Å². The summed E-state index contributed by atoms with van der Waals surface area (Å²) in [4.78, 5) is 11.0. The molecule has 0 aromatic carbocycles. The van der Waals surface area contributed by atoms with Crippen molar-refractivity contribution in [3.8, 4) is 0 Å². The maximum Gasteiger partial charge on any atom is 0.149 e. The molecule has 1 heterocycles. The summed E-state index contributed by atoms with van der Waals surface area (Å²) in [5.74, 6) is 0.368. The van der Waals surface area contributed by atoms with Crippen LogP contribution in [-0.2, 0) is 4.79 Å². The van der Waals surface area contributed by atoms with Crippen LogP contribution in [0.1, 0.15) is 26.2 Å². The van der Waals surface area contributed by atoms with E-state index < -0.39 is 0 Å². The average Bonchev–Trinajstić information content (AvgIpc) is 2.37. The summed E-state index contributed by atoms with van der Waals surface area (Å²) in [5.41, 5.74) is 0. The normalized spacial score (nSPS) is 23.9. The van der Waals surface area contributed by atoms with Crippen molar-refractivity contribution in [1.82, 2.24) is 5.32 Å². The van der Waals surface area contributed by atoms with Gasteiger partial charge in [0.15, 0.2) is 0 Å². The molecule has 0 spiro atoms. The first-order valence-electron chi connectivity index (χ1n) is 3.60. The molecule has 0 saturated carbocycles. The van der Waals surface area contributed by atoms with Crippen LogP contribution in [0.3, 0.4) is 0 Å². The Morgan fingerprint density at radius 1 is 1.70 bits per heavy atom. The van der Waals surface area contributed by atoms with Crippen molar-refractivity contribution >= 4 is 18.2 Å². The van der Waals surface area contributed by atoms with E-state index in [1.54, 1.807) is 0 Å². The van der Waals surface area contributed by atoms with Crippen LogP contribution in [0.4, 0.5) is 0 Å². The van der Waals surface area contributed by atoms with Crippen molar-refractivity contribution in [3.05, 3.63) is 0 Å². The third-order valence-corrected chi connectivity index (χ3v) is 1.80. The van der Waals surface area contributed by atoms with Gasteiger partial charge in [0.2, 0.25) is 0 Å². The molecule has 0 aliphatic carbocycles. The Balaban J connectivity index is 0.000000810. The van der Waals surface area contributed by atoms with Crippen LogP contribution in [0.5, 0.6) is 0 Å². The predicted octanol–water partition coefficient (Wildman–Crippen LogP) is 1.14. The van der Waals surface area contributed by atoms with Gasteiger partial charge in [-0.3, -0.25) is 4.79 Å². The highest BCUT2D eigenvalue weighted by atomic mass is 35.5. The topological polar surface area (TPSA) is 29.1 Å². The Morgan fingerprint density at radius 3 is 2.80 bits per heavy atom. The first kappa shape index (κ1) is 9.92. The van der Waals surface area contributed by atoms with Gasteiger partial charge in [-0.15, -0.1) is 12.4 Å². The molecule has 0 radical (unpaired) electrons. The first-order chi connectivity index (χ1) is 4.34. The molecule has 1 saturated heterocycles. The molecular weight excluding hydrogens is 150 g/mol. The molecule has 2 nitrogen and oxygen atoms in total. The lowest BCUT2D eigenvalue weighted by Gasteiger charge is -2.04. The second-order valence-electron chi connectivity index (χ2n) is 2.47. The minimum Gasteiger partial charge on any atom is -0.307 e. The molecule has 1 aliphatic rings. The van der Waals surface area contributed by atoms with E-state index in [9.17, 15) is 4.79 Å². The Kier molecular flexibility index (Phi) is 4.65. The van der Waals surface area contributed by atoms with Crippen molar-refractivity contribution in [2.45, 2.75) is 32.2 Å². The van der Waals surface area contributed by atoms with Gasteiger partial charge in [0.25, 0.3) is 0 Å². The van der Waals surface area contributed by atoms with E-state index in [1.165, 1.54) is 0 Å². The zero-order valence-electron chi connectivity index (χ0n) is 6.22. The molecular formula is C7H14ClNO. The second kappa shape index (κ2) is 4.69. The van der Waals surface area contributed by atoms with E-state index in [-0.39, 0.29) is 18.4 Å². The van der Waals surface area contributed by atoms with Crippen molar-refractivity contribution < 1.29 is 4.79 Å². The SMILES string of the molecule is CCC(=O)[C@@H]1CCCN1.Cl. The molecule has 1 fully saturated rings. The summed E-state index contributed by atoms with van der Waals surface area (Å²) in [6, 6.07) is 0.190. The van der Waals surface area contributed by atoms with Crippen molar-refractivity contribution in [1.29, 1.82) is 0 Å². The average molecular weight is 164 g/mol. The van der Waals surface area contributed by atoms with Crippen LogP contribution >= 0.6 is 12.4 Å². The van der Waals surface area contributed by atoms with Crippen LogP contribution in [0, 0.1) is 0 Å². The molecule has 1 atom stereocenters. The van der Waals surface area contributed by atoms with E-state index in [1.807, 2.05) is 6.92 Å². The summed E-state index contributed by atoms with van der Waals surface area (Å²) in [6.07, 6.45) is 2.89. The lowest BCUT2D eigenvalue weighted by molar-refractivity contribution is -0.120. The van der Waals surface area contributed by atoms with Gasteiger partial charge in [0.05, 0.1) is 6.04 Å². The van der Waals surface area contributed by atoms with Gasteiger partial charge in [-0.2, -0.15) is 0 Å². The van der Waals surface area contributed by atoms with Gasteiger partial charge >= 0.3 is 0 Å². The van der Waals surface area contributed by atoms with Gasteiger partial charge in [0.1, 0.15) is 5.78 Å². The van der Waals surface area contributed by atoms with Crippen LogP contribution in [0.25, 0.3) is 0 Å². The maximum atomic E-state index is 11.0. The van der Waals surface area contributed by atoms with Crippen LogP contribution in [-0.4, -0.2) is 18.4 Å². The van der Waals surface area contributed by atoms with E-state index in [0.29, 0.717) is 12.2 Å². The van der Waals surface area contributed by atoms with Gasteiger partial charge in [-0.1, -0.05) is 6.92 Å². The summed E-state index contributed by atoms with van der Waals surface area (Å²) in [7, 11) is 0. The van der Waals surface area contributed by atoms with Crippen LogP contribution < -0.4 is 5.32 Å². The molecule has 0 aromatic heterocycles. The third kappa shape index (κ3) is 2.27.